The highest BCUT2D eigenvalue weighted by molar-refractivity contribution is 5.89. The van der Waals surface area contributed by atoms with Crippen LogP contribution in [0.1, 0.15) is 127 Å². The molecule has 0 saturated carbocycles. The molecule has 6 nitrogen and oxygen atoms in total. The lowest BCUT2D eigenvalue weighted by atomic mass is 10.0. The minimum atomic E-state index is -0.328. The molecule has 0 bridgehead atoms. The first kappa shape index (κ1) is 35.4. The fraction of sp³-hybridized carbons (Fsp3) is 0.788. The first-order valence-corrected chi connectivity index (χ1v) is 16.0. The smallest absolute Gasteiger partial charge is 0.338 e. The van der Waals surface area contributed by atoms with Crippen molar-refractivity contribution in [1.82, 2.24) is 0 Å². The molecule has 39 heavy (non-hydrogen) atoms. The van der Waals surface area contributed by atoms with Crippen LogP contribution in [0.4, 0.5) is 5.69 Å². The van der Waals surface area contributed by atoms with Gasteiger partial charge >= 0.3 is 5.97 Å². The van der Waals surface area contributed by atoms with E-state index in [9.17, 15) is 4.79 Å². The summed E-state index contributed by atoms with van der Waals surface area (Å²) in [6.45, 7) is 9.01. The lowest BCUT2D eigenvalue weighted by Gasteiger charge is -2.09. The highest BCUT2D eigenvalue weighted by Gasteiger charge is 2.06. The number of benzene rings is 1. The van der Waals surface area contributed by atoms with Crippen molar-refractivity contribution in [1.29, 1.82) is 0 Å². The number of unbranched alkanes of at least 4 members (excludes halogenated alkanes) is 14. The van der Waals surface area contributed by atoms with E-state index in [2.05, 4.69) is 19.2 Å². The zero-order valence-electron chi connectivity index (χ0n) is 25.3. The summed E-state index contributed by atoms with van der Waals surface area (Å²) >= 11 is 0. The third-order valence-electron chi connectivity index (χ3n) is 6.83. The standard InChI is InChI=1S/C33H59NO5/c1-3-5-7-8-9-10-11-12-13-14-15-16-17-18-24-36-25-26-37-27-28-38-29-30-39-33(35)31-19-21-32(22-20-31)34-23-6-4-2/h19-22,34H,3-18,23-30H2,1-2H3. The molecule has 1 rings (SSSR count). The van der Waals surface area contributed by atoms with E-state index in [-0.39, 0.29) is 12.6 Å². The predicted octanol–water partition coefficient (Wildman–Crippen LogP) is 8.59. The molecule has 0 spiro atoms. The normalized spacial score (nSPS) is 11.1. The second-order valence-electron chi connectivity index (χ2n) is 10.4. The van der Waals surface area contributed by atoms with Crippen LogP contribution in [0.15, 0.2) is 24.3 Å². The van der Waals surface area contributed by atoms with Crippen molar-refractivity contribution in [3.63, 3.8) is 0 Å². The van der Waals surface area contributed by atoms with Gasteiger partial charge in [0.15, 0.2) is 0 Å². The van der Waals surface area contributed by atoms with E-state index in [0.717, 1.165) is 38.1 Å². The molecule has 0 heterocycles. The zero-order valence-corrected chi connectivity index (χ0v) is 25.3. The number of esters is 1. The lowest BCUT2D eigenvalue weighted by Crippen LogP contribution is -2.14. The van der Waals surface area contributed by atoms with Crippen LogP contribution in [0.2, 0.25) is 0 Å². The Balaban J connectivity index is 1.77. The molecule has 0 aliphatic rings. The number of carbonyl (C=O) groups excluding carboxylic acids is 1. The number of rotatable bonds is 29. The van der Waals surface area contributed by atoms with Crippen LogP contribution in [0.25, 0.3) is 0 Å². The van der Waals surface area contributed by atoms with Gasteiger partial charge in [0, 0.05) is 18.8 Å². The number of hydrogen-bond donors (Lipinski definition) is 1. The third kappa shape index (κ3) is 22.8. The van der Waals surface area contributed by atoms with Crippen molar-refractivity contribution in [3.8, 4) is 0 Å². The van der Waals surface area contributed by atoms with E-state index in [4.69, 9.17) is 18.9 Å². The summed E-state index contributed by atoms with van der Waals surface area (Å²) in [6, 6.07) is 7.38. The molecule has 226 valence electrons. The minimum absolute atomic E-state index is 0.234. The summed E-state index contributed by atoms with van der Waals surface area (Å²) < 4.78 is 21.9. The van der Waals surface area contributed by atoms with Gasteiger partial charge in [-0.1, -0.05) is 104 Å². The Morgan fingerprint density at radius 3 is 1.49 bits per heavy atom. The van der Waals surface area contributed by atoms with Crippen LogP contribution < -0.4 is 5.32 Å². The van der Waals surface area contributed by atoms with Crippen molar-refractivity contribution in [2.75, 3.05) is 58.1 Å². The van der Waals surface area contributed by atoms with Gasteiger partial charge < -0.3 is 24.3 Å². The van der Waals surface area contributed by atoms with Gasteiger partial charge in [-0.3, -0.25) is 0 Å². The van der Waals surface area contributed by atoms with Crippen molar-refractivity contribution in [2.45, 2.75) is 117 Å². The Labute approximate surface area is 239 Å². The van der Waals surface area contributed by atoms with Crippen LogP contribution >= 0.6 is 0 Å². The third-order valence-corrected chi connectivity index (χ3v) is 6.83. The van der Waals surface area contributed by atoms with E-state index < -0.39 is 0 Å². The van der Waals surface area contributed by atoms with Gasteiger partial charge in [-0.2, -0.15) is 0 Å². The topological polar surface area (TPSA) is 66.0 Å². The van der Waals surface area contributed by atoms with Gasteiger partial charge in [-0.25, -0.2) is 4.79 Å². The van der Waals surface area contributed by atoms with Crippen LogP contribution in [-0.2, 0) is 18.9 Å². The Morgan fingerprint density at radius 1 is 0.538 bits per heavy atom. The van der Waals surface area contributed by atoms with Crippen LogP contribution in [-0.4, -0.2) is 58.8 Å². The van der Waals surface area contributed by atoms with Crippen molar-refractivity contribution in [2.24, 2.45) is 0 Å². The molecule has 0 fully saturated rings. The minimum Gasteiger partial charge on any atom is -0.460 e. The van der Waals surface area contributed by atoms with Crippen molar-refractivity contribution in [3.05, 3.63) is 29.8 Å². The number of ether oxygens (including phenoxy) is 4. The van der Waals surface area contributed by atoms with Gasteiger partial charge in [0.1, 0.15) is 6.61 Å². The van der Waals surface area contributed by atoms with Crippen LogP contribution in [0.5, 0.6) is 0 Å². The van der Waals surface area contributed by atoms with Crippen molar-refractivity contribution >= 4 is 11.7 Å². The molecular weight excluding hydrogens is 490 g/mol. The van der Waals surface area contributed by atoms with Gasteiger partial charge in [-0.05, 0) is 37.1 Å². The average Bonchev–Trinajstić information content (AvgIpc) is 2.95. The molecule has 1 aromatic rings. The Morgan fingerprint density at radius 2 is 0.974 bits per heavy atom. The average molecular weight is 550 g/mol. The second-order valence-corrected chi connectivity index (χ2v) is 10.4. The van der Waals surface area contributed by atoms with E-state index in [1.54, 1.807) is 12.1 Å². The maximum Gasteiger partial charge on any atom is 0.338 e. The highest BCUT2D eigenvalue weighted by Crippen LogP contribution is 2.13. The van der Waals surface area contributed by atoms with Gasteiger partial charge in [0.05, 0.1) is 38.6 Å². The molecule has 0 amide bonds. The van der Waals surface area contributed by atoms with Gasteiger partial charge in [-0.15, -0.1) is 0 Å². The Bertz CT molecular complexity index is 652. The van der Waals surface area contributed by atoms with Crippen LogP contribution in [0.3, 0.4) is 0 Å². The monoisotopic (exact) mass is 549 g/mol. The molecule has 0 aromatic heterocycles. The number of anilines is 1. The molecule has 6 heteroatoms. The van der Waals surface area contributed by atoms with E-state index in [0.29, 0.717) is 38.6 Å². The maximum absolute atomic E-state index is 12.1. The van der Waals surface area contributed by atoms with E-state index in [1.807, 2.05) is 12.1 Å². The summed E-state index contributed by atoms with van der Waals surface area (Å²) in [5.41, 5.74) is 1.57. The molecular formula is C33H59NO5. The molecule has 0 unspecified atom stereocenters. The molecule has 0 radical (unpaired) electrons. The summed E-state index contributed by atoms with van der Waals surface area (Å²) in [7, 11) is 0. The SMILES string of the molecule is CCCCCCCCCCCCCCCCOCCOCCOCCOC(=O)c1ccc(NCCCC)cc1. The van der Waals surface area contributed by atoms with E-state index in [1.165, 1.54) is 83.5 Å². The lowest BCUT2D eigenvalue weighted by molar-refractivity contribution is 0.000185. The fourth-order valence-electron chi connectivity index (χ4n) is 4.35. The van der Waals surface area contributed by atoms with Gasteiger partial charge in [0.2, 0.25) is 0 Å². The fourth-order valence-corrected chi connectivity index (χ4v) is 4.35. The number of carbonyl (C=O) groups is 1. The summed E-state index contributed by atoms with van der Waals surface area (Å²) in [5, 5.41) is 3.33. The zero-order chi connectivity index (χ0) is 28.1. The Hall–Kier alpha value is -1.63. The largest absolute Gasteiger partial charge is 0.460 e. The van der Waals surface area contributed by atoms with Crippen LogP contribution in [0, 0.1) is 0 Å². The Kier molecular flexibility index (Phi) is 25.3. The quantitative estimate of drug-likeness (QED) is 0.0797. The second kappa shape index (κ2) is 27.9. The number of nitrogens with one attached hydrogen (secondary N) is 1. The number of hydrogen-bond acceptors (Lipinski definition) is 6. The predicted molar refractivity (Wildman–Crippen MR) is 163 cm³/mol. The molecule has 0 aliphatic heterocycles. The molecule has 1 N–H and O–H groups in total. The maximum atomic E-state index is 12.1. The van der Waals surface area contributed by atoms with Gasteiger partial charge in [0.25, 0.3) is 0 Å². The van der Waals surface area contributed by atoms with E-state index >= 15 is 0 Å². The summed E-state index contributed by atoms with van der Waals surface area (Å²) in [4.78, 5) is 12.1. The van der Waals surface area contributed by atoms with Crippen molar-refractivity contribution < 1.29 is 23.7 Å². The highest BCUT2D eigenvalue weighted by atomic mass is 16.6. The first-order chi connectivity index (χ1) is 19.3. The molecule has 0 aliphatic carbocycles. The first-order valence-electron chi connectivity index (χ1n) is 16.0. The summed E-state index contributed by atoms with van der Waals surface area (Å²) in [6.07, 6.45) is 21.5. The molecule has 1 aromatic carbocycles. The molecule has 0 atom stereocenters. The summed E-state index contributed by atoms with van der Waals surface area (Å²) in [5.74, 6) is -0.328. The molecule has 0 saturated heterocycles.